The second-order valence-electron chi connectivity index (χ2n) is 7.13. The lowest BCUT2D eigenvalue weighted by molar-refractivity contribution is 0.0974. The van der Waals surface area contributed by atoms with Crippen LogP contribution in [0.4, 0.5) is 0 Å². The van der Waals surface area contributed by atoms with Gasteiger partial charge in [0.2, 0.25) is 0 Å². The third kappa shape index (κ3) is 10.3. The summed E-state index contributed by atoms with van der Waals surface area (Å²) in [5.74, 6) is 0.306. The quantitative estimate of drug-likeness (QED) is 0.271. The van der Waals surface area contributed by atoms with Crippen molar-refractivity contribution in [3.8, 4) is 0 Å². The first kappa shape index (κ1) is 23.8. The van der Waals surface area contributed by atoms with Crippen LogP contribution in [0.15, 0.2) is 49.1 Å². The highest BCUT2D eigenvalue weighted by molar-refractivity contribution is 5.96. The van der Waals surface area contributed by atoms with Crippen LogP contribution < -0.4 is 16.0 Å². The Morgan fingerprint density at radius 1 is 0.567 bits per heavy atom. The lowest BCUT2D eigenvalue weighted by atomic mass is 10.1. The van der Waals surface area contributed by atoms with E-state index in [1.807, 2.05) is 0 Å². The molecule has 0 radical (unpaired) electrons. The number of rotatable bonds is 17. The van der Waals surface area contributed by atoms with Gasteiger partial charge in [-0.25, -0.2) is 0 Å². The first-order chi connectivity index (χ1) is 14.8. The number of carbonyl (C=O) groups is 2. The molecule has 0 amide bonds. The number of carbonyl (C=O) groups excluding carboxylic acids is 2. The zero-order valence-corrected chi connectivity index (χ0v) is 17.6. The second-order valence-corrected chi connectivity index (χ2v) is 7.13. The summed E-state index contributed by atoms with van der Waals surface area (Å²) in [6.07, 6.45) is 10.9. The third-order valence-corrected chi connectivity index (χ3v) is 4.73. The molecular weight excluding hydrogens is 378 g/mol. The fraction of sp³-hybridized carbons (Fsp3) is 0.478. The van der Waals surface area contributed by atoms with Crippen molar-refractivity contribution in [1.82, 2.24) is 25.9 Å². The molecule has 2 heterocycles. The molecule has 0 aromatic carbocycles. The normalized spacial score (nSPS) is 10.8. The van der Waals surface area contributed by atoms with E-state index < -0.39 is 0 Å². The number of nitrogens with one attached hydrogen (secondary N) is 3. The van der Waals surface area contributed by atoms with Crippen LogP contribution >= 0.6 is 0 Å². The molecular formula is C23H33N5O2. The minimum Gasteiger partial charge on any atom is -0.317 e. The molecule has 0 saturated carbocycles. The van der Waals surface area contributed by atoms with E-state index in [1.165, 1.54) is 0 Å². The average Bonchev–Trinajstić information content (AvgIpc) is 2.80. The maximum Gasteiger partial charge on any atom is 0.164 e. The molecule has 0 spiro atoms. The predicted octanol–water partition coefficient (Wildman–Crippen LogP) is 2.26. The molecule has 0 fully saturated rings. The van der Waals surface area contributed by atoms with Crippen LogP contribution in [0.2, 0.25) is 0 Å². The van der Waals surface area contributed by atoms with Crippen LogP contribution in [-0.2, 0) is 0 Å². The average molecular weight is 412 g/mol. The lowest BCUT2D eigenvalue weighted by Crippen LogP contribution is -2.25. The van der Waals surface area contributed by atoms with E-state index in [0.29, 0.717) is 25.9 Å². The van der Waals surface area contributed by atoms with Gasteiger partial charge in [0, 0.05) is 61.8 Å². The first-order valence-electron chi connectivity index (χ1n) is 10.8. The van der Waals surface area contributed by atoms with Crippen molar-refractivity contribution in [3.05, 3.63) is 60.2 Å². The van der Waals surface area contributed by atoms with Gasteiger partial charge in [-0.05, 0) is 69.7 Å². The molecule has 2 rings (SSSR count). The Labute approximate surface area is 179 Å². The van der Waals surface area contributed by atoms with Crippen LogP contribution in [0.25, 0.3) is 0 Å². The SMILES string of the molecule is O=C(CCNCCCCNCCCNCCC(=O)c1ccncc1)c1ccncc1. The standard InChI is InChI=1S/C23H33N5O2/c29-22(20-4-14-27-15-5-20)8-18-25-11-2-1-10-24-12-3-13-26-19-9-23(30)21-6-16-28-17-7-21/h4-7,14-17,24-26H,1-3,8-13,18-19H2. The maximum absolute atomic E-state index is 11.9. The van der Waals surface area contributed by atoms with E-state index in [-0.39, 0.29) is 11.6 Å². The summed E-state index contributed by atoms with van der Waals surface area (Å²) in [5.41, 5.74) is 1.45. The van der Waals surface area contributed by atoms with Gasteiger partial charge in [-0.3, -0.25) is 19.6 Å². The van der Waals surface area contributed by atoms with Gasteiger partial charge in [0.1, 0.15) is 0 Å². The van der Waals surface area contributed by atoms with Crippen molar-refractivity contribution in [3.63, 3.8) is 0 Å². The van der Waals surface area contributed by atoms with Gasteiger partial charge >= 0.3 is 0 Å². The van der Waals surface area contributed by atoms with Crippen LogP contribution in [0.3, 0.4) is 0 Å². The zero-order valence-electron chi connectivity index (χ0n) is 17.6. The Morgan fingerprint density at radius 3 is 1.37 bits per heavy atom. The number of hydrogen-bond donors (Lipinski definition) is 3. The number of nitrogens with zero attached hydrogens (tertiary/aromatic N) is 2. The molecule has 0 aliphatic heterocycles. The van der Waals surface area contributed by atoms with Crippen molar-refractivity contribution < 1.29 is 9.59 Å². The number of pyridine rings is 2. The van der Waals surface area contributed by atoms with Gasteiger partial charge in [-0.1, -0.05) is 0 Å². The summed E-state index contributed by atoms with van der Waals surface area (Å²) in [7, 11) is 0. The van der Waals surface area contributed by atoms with Crippen molar-refractivity contribution in [2.75, 3.05) is 39.3 Å². The van der Waals surface area contributed by atoms with Crippen molar-refractivity contribution >= 4 is 11.6 Å². The van der Waals surface area contributed by atoms with Gasteiger partial charge in [0.05, 0.1) is 0 Å². The van der Waals surface area contributed by atoms with Crippen molar-refractivity contribution in [2.45, 2.75) is 32.1 Å². The third-order valence-electron chi connectivity index (χ3n) is 4.73. The van der Waals surface area contributed by atoms with E-state index >= 15 is 0 Å². The van der Waals surface area contributed by atoms with Crippen molar-refractivity contribution in [2.24, 2.45) is 0 Å². The molecule has 162 valence electrons. The summed E-state index contributed by atoms with van der Waals surface area (Å²) in [4.78, 5) is 31.7. The molecule has 7 heteroatoms. The smallest absolute Gasteiger partial charge is 0.164 e. The van der Waals surface area contributed by atoms with Crippen molar-refractivity contribution in [1.29, 1.82) is 0 Å². The van der Waals surface area contributed by atoms with Gasteiger partial charge in [-0.2, -0.15) is 0 Å². The van der Waals surface area contributed by atoms with Gasteiger partial charge in [0.15, 0.2) is 11.6 Å². The molecule has 30 heavy (non-hydrogen) atoms. The summed E-state index contributed by atoms with van der Waals surface area (Å²) in [5, 5.41) is 10.1. The fourth-order valence-corrected chi connectivity index (χ4v) is 2.98. The molecule has 2 aromatic heterocycles. The number of unbranched alkanes of at least 4 members (excludes halogenated alkanes) is 1. The summed E-state index contributed by atoms with van der Waals surface area (Å²) in [6, 6.07) is 7.02. The Morgan fingerprint density at radius 2 is 0.933 bits per heavy atom. The van der Waals surface area contributed by atoms with E-state index in [1.54, 1.807) is 49.1 Å². The summed E-state index contributed by atoms with van der Waals surface area (Å²) < 4.78 is 0. The highest BCUT2D eigenvalue weighted by Crippen LogP contribution is 2.01. The van der Waals surface area contributed by atoms with Gasteiger partial charge < -0.3 is 16.0 Å². The molecule has 2 aromatic rings. The fourth-order valence-electron chi connectivity index (χ4n) is 2.98. The summed E-state index contributed by atoms with van der Waals surface area (Å²) >= 11 is 0. The Hall–Kier alpha value is -2.48. The molecule has 0 atom stereocenters. The Balaban J connectivity index is 1.32. The Bertz CT molecular complexity index is 661. The minimum absolute atomic E-state index is 0.151. The zero-order chi connectivity index (χ0) is 21.3. The lowest BCUT2D eigenvalue weighted by Gasteiger charge is -2.07. The number of hydrogen-bond acceptors (Lipinski definition) is 7. The van der Waals surface area contributed by atoms with E-state index in [9.17, 15) is 9.59 Å². The highest BCUT2D eigenvalue weighted by atomic mass is 16.1. The first-order valence-corrected chi connectivity index (χ1v) is 10.8. The molecule has 0 bridgehead atoms. The molecule has 0 saturated heterocycles. The number of Topliss-reactive ketones (excluding diaryl/α,β-unsaturated/α-hetero) is 2. The molecule has 3 N–H and O–H groups in total. The van der Waals surface area contributed by atoms with E-state index in [2.05, 4.69) is 25.9 Å². The number of aromatic nitrogens is 2. The van der Waals surface area contributed by atoms with E-state index in [4.69, 9.17) is 0 Å². The predicted molar refractivity (Wildman–Crippen MR) is 119 cm³/mol. The van der Waals surface area contributed by atoms with Gasteiger partial charge in [0.25, 0.3) is 0 Å². The largest absolute Gasteiger partial charge is 0.317 e. The molecule has 7 nitrogen and oxygen atoms in total. The maximum atomic E-state index is 11.9. The molecule has 0 unspecified atom stereocenters. The molecule has 0 aliphatic carbocycles. The number of ketones is 2. The minimum atomic E-state index is 0.151. The molecule has 0 aliphatic rings. The van der Waals surface area contributed by atoms with Crippen LogP contribution in [0.5, 0.6) is 0 Å². The summed E-state index contributed by atoms with van der Waals surface area (Å²) in [6.45, 7) is 5.22. The van der Waals surface area contributed by atoms with Gasteiger partial charge in [-0.15, -0.1) is 0 Å². The highest BCUT2D eigenvalue weighted by Gasteiger charge is 2.05. The van der Waals surface area contributed by atoms with Crippen LogP contribution in [-0.4, -0.2) is 60.8 Å². The van der Waals surface area contributed by atoms with Crippen LogP contribution in [0, 0.1) is 0 Å². The monoisotopic (exact) mass is 411 g/mol. The topological polar surface area (TPSA) is 96.0 Å². The Kier molecular flexibility index (Phi) is 12.2. The van der Waals surface area contributed by atoms with E-state index in [0.717, 1.165) is 56.6 Å². The second kappa shape index (κ2) is 15.4. The van der Waals surface area contributed by atoms with Crippen LogP contribution in [0.1, 0.15) is 52.8 Å².